The Kier molecular flexibility index (Phi) is 4.46. The number of carbonyl (C=O) groups excluding carboxylic acids is 1. The predicted molar refractivity (Wildman–Crippen MR) is 120 cm³/mol. The molecule has 33 heavy (non-hydrogen) atoms. The molecule has 1 amide bonds. The molecule has 10 nitrogen and oxygen atoms in total. The zero-order chi connectivity index (χ0) is 22.2. The lowest BCUT2D eigenvalue weighted by Gasteiger charge is -2.10. The molecule has 1 aliphatic heterocycles. The Balaban J connectivity index is 1.22. The van der Waals surface area contributed by atoms with Crippen molar-refractivity contribution >= 4 is 34.1 Å². The zero-order valence-corrected chi connectivity index (χ0v) is 17.2. The van der Waals surface area contributed by atoms with Crippen molar-refractivity contribution in [2.45, 2.75) is 6.54 Å². The molecule has 2 N–H and O–H groups in total. The van der Waals surface area contributed by atoms with E-state index in [-0.39, 0.29) is 12.7 Å². The van der Waals surface area contributed by atoms with Crippen molar-refractivity contribution in [3.8, 4) is 11.5 Å². The third-order valence-corrected chi connectivity index (χ3v) is 5.30. The van der Waals surface area contributed by atoms with Crippen molar-refractivity contribution in [1.29, 1.82) is 0 Å². The highest BCUT2D eigenvalue weighted by molar-refractivity contribution is 5.95. The second-order valence-corrected chi connectivity index (χ2v) is 7.44. The number of anilines is 2. The Hall–Kier alpha value is -4.73. The third-order valence-electron chi connectivity index (χ3n) is 5.30. The fourth-order valence-electron chi connectivity index (χ4n) is 3.70. The van der Waals surface area contributed by atoms with E-state index in [1.165, 1.54) is 0 Å². The van der Waals surface area contributed by atoms with E-state index in [9.17, 15) is 4.79 Å². The first-order valence-corrected chi connectivity index (χ1v) is 10.3. The molecule has 5 aromatic rings. The van der Waals surface area contributed by atoms with Gasteiger partial charge in [-0.05, 0) is 58.5 Å². The van der Waals surface area contributed by atoms with Crippen LogP contribution >= 0.6 is 0 Å². The summed E-state index contributed by atoms with van der Waals surface area (Å²) in [5.41, 5.74) is 4.17. The van der Waals surface area contributed by atoms with E-state index in [0.717, 1.165) is 16.6 Å². The van der Waals surface area contributed by atoms with Crippen LogP contribution in [-0.4, -0.2) is 37.7 Å². The normalized spacial score (nSPS) is 12.2. The Morgan fingerprint density at radius 2 is 1.91 bits per heavy atom. The van der Waals surface area contributed by atoms with Crippen LogP contribution in [0.1, 0.15) is 15.9 Å². The summed E-state index contributed by atoms with van der Waals surface area (Å²) >= 11 is 0. The van der Waals surface area contributed by atoms with E-state index in [1.54, 1.807) is 22.7 Å². The van der Waals surface area contributed by atoms with Gasteiger partial charge in [-0.2, -0.15) is 4.52 Å². The standard InChI is InChI=1S/C23H17N7O3/c31-23(24-12-14-8-9-19-20(10-14)33-13-32-19)15-4-3-5-16(11-15)25-21-22-27-28-29-30(22)18-7-2-1-6-17(18)26-21/h1-11H,12-13H2,(H,24,31)(H,25,26). The lowest BCUT2D eigenvalue weighted by Crippen LogP contribution is -2.22. The number of nitrogens with zero attached hydrogens (tertiary/aromatic N) is 5. The quantitative estimate of drug-likeness (QED) is 0.429. The maximum atomic E-state index is 12.8. The van der Waals surface area contributed by atoms with Gasteiger partial charge in [0.2, 0.25) is 12.4 Å². The molecular formula is C23H17N7O3. The summed E-state index contributed by atoms with van der Waals surface area (Å²) in [6, 6.07) is 20.4. The van der Waals surface area contributed by atoms with Crippen molar-refractivity contribution in [2.75, 3.05) is 12.1 Å². The summed E-state index contributed by atoms with van der Waals surface area (Å²) < 4.78 is 12.3. The number of ether oxygens (including phenoxy) is 2. The van der Waals surface area contributed by atoms with E-state index in [4.69, 9.17) is 9.47 Å². The number of para-hydroxylation sites is 2. The molecule has 0 bridgehead atoms. The second-order valence-electron chi connectivity index (χ2n) is 7.44. The Morgan fingerprint density at radius 3 is 2.88 bits per heavy atom. The van der Waals surface area contributed by atoms with Gasteiger partial charge in [0.25, 0.3) is 5.91 Å². The summed E-state index contributed by atoms with van der Waals surface area (Å²) in [5, 5.41) is 18.1. The third kappa shape index (κ3) is 3.53. The predicted octanol–water partition coefficient (Wildman–Crippen LogP) is 3.07. The molecule has 0 radical (unpaired) electrons. The minimum atomic E-state index is -0.197. The van der Waals surface area contributed by atoms with Crippen molar-refractivity contribution in [1.82, 2.24) is 30.3 Å². The molecule has 162 valence electrons. The molecule has 0 saturated carbocycles. The van der Waals surface area contributed by atoms with Crippen LogP contribution in [0, 0.1) is 0 Å². The van der Waals surface area contributed by atoms with Gasteiger partial charge < -0.3 is 20.1 Å². The van der Waals surface area contributed by atoms with E-state index >= 15 is 0 Å². The van der Waals surface area contributed by atoms with Gasteiger partial charge in [-0.25, -0.2) is 4.98 Å². The Morgan fingerprint density at radius 1 is 1.00 bits per heavy atom. The minimum Gasteiger partial charge on any atom is -0.454 e. The second kappa shape index (κ2) is 7.75. The number of tetrazole rings is 1. The molecule has 0 unspecified atom stereocenters. The van der Waals surface area contributed by atoms with Gasteiger partial charge >= 0.3 is 0 Å². The van der Waals surface area contributed by atoms with Crippen molar-refractivity contribution in [3.05, 3.63) is 77.9 Å². The van der Waals surface area contributed by atoms with Crippen LogP contribution in [-0.2, 0) is 6.54 Å². The molecule has 0 fully saturated rings. The Bertz CT molecular complexity index is 1520. The molecule has 0 spiro atoms. The average Bonchev–Trinajstić information content (AvgIpc) is 3.52. The first-order valence-electron chi connectivity index (χ1n) is 10.3. The maximum absolute atomic E-state index is 12.8. The van der Waals surface area contributed by atoms with Crippen LogP contribution in [0.4, 0.5) is 11.5 Å². The molecule has 0 aliphatic carbocycles. The molecule has 2 aromatic heterocycles. The number of fused-ring (bicyclic) bond motifs is 4. The van der Waals surface area contributed by atoms with E-state index in [0.29, 0.717) is 40.8 Å². The molecule has 3 heterocycles. The zero-order valence-electron chi connectivity index (χ0n) is 17.2. The number of benzene rings is 3. The number of hydrogen-bond donors (Lipinski definition) is 2. The van der Waals surface area contributed by atoms with Gasteiger partial charge in [0.05, 0.1) is 11.0 Å². The van der Waals surface area contributed by atoms with E-state index in [2.05, 4.69) is 31.1 Å². The lowest BCUT2D eigenvalue weighted by molar-refractivity contribution is 0.0951. The summed E-state index contributed by atoms with van der Waals surface area (Å²) in [4.78, 5) is 17.4. The van der Waals surface area contributed by atoms with Gasteiger partial charge in [-0.1, -0.05) is 24.3 Å². The summed E-state index contributed by atoms with van der Waals surface area (Å²) in [6.07, 6.45) is 0. The SMILES string of the molecule is O=C(NCc1ccc2c(c1)OCO2)c1cccc(Nc2nc3ccccc3n3nnnc23)c1. The smallest absolute Gasteiger partial charge is 0.251 e. The molecular weight excluding hydrogens is 422 g/mol. The topological polar surface area (TPSA) is 116 Å². The van der Waals surface area contributed by atoms with Crippen LogP contribution in [0.25, 0.3) is 16.7 Å². The summed E-state index contributed by atoms with van der Waals surface area (Å²) in [7, 11) is 0. The number of nitrogens with one attached hydrogen (secondary N) is 2. The van der Waals surface area contributed by atoms with E-state index < -0.39 is 0 Å². The average molecular weight is 439 g/mol. The molecule has 10 heteroatoms. The fraction of sp³-hybridized carbons (Fsp3) is 0.0870. The number of carbonyl (C=O) groups is 1. The Labute approximate surface area is 187 Å². The first kappa shape index (κ1) is 19.0. The van der Waals surface area contributed by atoms with E-state index in [1.807, 2.05) is 48.5 Å². The molecule has 0 atom stereocenters. The monoisotopic (exact) mass is 439 g/mol. The number of amides is 1. The highest BCUT2D eigenvalue weighted by atomic mass is 16.7. The van der Waals surface area contributed by atoms with Crippen LogP contribution in [0.5, 0.6) is 11.5 Å². The maximum Gasteiger partial charge on any atom is 0.251 e. The number of rotatable bonds is 5. The molecule has 0 saturated heterocycles. The fourth-order valence-corrected chi connectivity index (χ4v) is 3.70. The summed E-state index contributed by atoms with van der Waals surface area (Å²) in [6.45, 7) is 0.583. The van der Waals surface area contributed by atoms with Crippen molar-refractivity contribution < 1.29 is 14.3 Å². The van der Waals surface area contributed by atoms with Crippen LogP contribution in [0.15, 0.2) is 66.7 Å². The van der Waals surface area contributed by atoms with Gasteiger partial charge in [-0.3, -0.25) is 4.79 Å². The highest BCUT2D eigenvalue weighted by Gasteiger charge is 2.15. The lowest BCUT2D eigenvalue weighted by atomic mass is 10.1. The van der Waals surface area contributed by atoms with Gasteiger partial charge in [0.15, 0.2) is 17.3 Å². The molecule has 1 aliphatic rings. The molecule has 6 rings (SSSR count). The van der Waals surface area contributed by atoms with Gasteiger partial charge in [-0.15, -0.1) is 5.10 Å². The van der Waals surface area contributed by atoms with Crippen LogP contribution in [0.3, 0.4) is 0 Å². The van der Waals surface area contributed by atoms with Gasteiger partial charge in [0.1, 0.15) is 0 Å². The summed E-state index contributed by atoms with van der Waals surface area (Å²) in [5.74, 6) is 1.70. The number of aromatic nitrogens is 5. The first-order chi connectivity index (χ1) is 16.2. The van der Waals surface area contributed by atoms with Crippen LogP contribution < -0.4 is 20.1 Å². The van der Waals surface area contributed by atoms with Crippen molar-refractivity contribution in [2.24, 2.45) is 0 Å². The number of hydrogen-bond acceptors (Lipinski definition) is 8. The molecule has 3 aromatic carbocycles. The minimum absolute atomic E-state index is 0.197. The highest BCUT2D eigenvalue weighted by Crippen LogP contribution is 2.32. The largest absolute Gasteiger partial charge is 0.454 e. The van der Waals surface area contributed by atoms with Crippen molar-refractivity contribution in [3.63, 3.8) is 0 Å². The van der Waals surface area contributed by atoms with Crippen LogP contribution in [0.2, 0.25) is 0 Å². The van der Waals surface area contributed by atoms with Gasteiger partial charge in [0, 0.05) is 17.8 Å².